The van der Waals surface area contributed by atoms with Crippen LogP contribution < -0.4 is 4.74 Å². The third-order valence-corrected chi connectivity index (χ3v) is 4.23. The molecule has 3 aromatic heterocycles. The zero-order chi connectivity index (χ0) is 18.1. The SMILES string of the molecule is COc1cccc(F)c1CCc1ccc(-c2nc(C)no2)c2nncn12. The van der Waals surface area contributed by atoms with Crippen molar-refractivity contribution in [2.24, 2.45) is 0 Å². The van der Waals surface area contributed by atoms with Crippen LogP contribution in [0, 0.1) is 12.7 Å². The molecule has 132 valence electrons. The number of aromatic nitrogens is 5. The third kappa shape index (κ3) is 2.79. The molecule has 0 spiro atoms. The first-order valence-electron chi connectivity index (χ1n) is 8.11. The van der Waals surface area contributed by atoms with E-state index in [0.717, 1.165) is 5.69 Å². The van der Waals surface area contributed by atoms with E-state index in [-0.39, 0.29) is 5.82 Å². The van der Waals surface area contributed by atoms with Gasteiger partial charge in [0.05, 0.1) is 12.7 Å². The Bertz CT molecular complexity index is 1070. The van der Waals surface area contributed by atoms with Crippen LogP contribution in [0.15, 0.2) is 41.2 Å². The standard InChI is InChI=1S/C18H16FN5O2/c1-11-21-18(26-23-11)14-9-7-12(24-10-20-22-17(14)24)6-8-13-15(19)4-3-5-16(13)25-2/h3-5,7,9-10H,6,8H2,1-2H3. The predicted molar refractivity (Wildman–Crippen MR) is 91.4 cm³/mol. The Labute approximate surface area is 148 Å². The zero-order valence-electron chi connectivity index (χ0n) is 14.3. The van der Waals surface area contributed by atoms with Crippen molar-refractivity contribution >= 4 is 5.65 Å². The number of aryl methyl sites for hydroxylation is 2. The monoisotopic (exact) mass is 353 g/mol. The highest BCUT2D eigenvalue weighted by atomic mass is 19.1. The molecule has 3 heterocycles. The number of methoxy groups -OCH3 is 1. The molecule has 0 fully saturated rings. The van der Waals surface area contributed by atoms with E-state index in [9.17, 15) is 4.39 Å². The average Bonchev–Trinajstić information content (AvgIpc) is 3.29. The largest absolute Gasteiger partial charge is 0.496 e. The number of hydrogen-bond acceptors (Lipinski definition) is 6. The smallest absolute Gasteiger partial charge is 0.261 e. The van der Waals surface area contributed by atoms with Gasteiger partial charge in [0.2, 0.25) is 0 Å². The van der Waals surface area contributed by atoms with E-state index in [1.165, 1.54) is 13.2 Å². The summed E-state index contributed by atoms with van der Waals surface area (Å²) in [6.07, 6.45) is 2.70. The van der Waals surface area contributed by atoms with E-state index >= 15 is 0 Å². The first kappa shape index (κ1) is 16.2. The molecule has 7 nitrogen and oxygen atoms in total. The number of hydrogen-bond donors (Lipinski definition) is 0. The van der Waals surface area contributed by atoms with Gasteiger partial charge in [-0.2, -0.15) is 4.98 Å². The Kier molecular flexibility index (Phi) is 4.08. The number of fused-ring (bicyclic) bond motifs is 1. The van der Waals surface area contributed by atoms with Crippen LogP contribution in [0.3, 0.4) is 0 Å². The van der Waals surface area contributed by atoms with Crippen molar-refractivity contribution in [2.45, 2.75) is 19.8 Å². The summed E-state index contributed by atoms with van der Waals surface area (Å²) in [6.45, 7) is 1.75. The maximum Gasteiger partial charge on any atom is 0.261 e. The maximum atomic E-state index is 14.1. The lowest BCUT2D eigenvalue weighted by molar-refractivity contribution is 0.404. The second-order valence-electron chi connectivity index (χ2n) is 5.83. The second-order valence-corrected chi connectivity index (χ2v) is 5.83. The average molecular weight is 353 g/mol. The molecular weight excluding hydrogens is 337 g/mol. The highest BCUT2D eigenvalue weighted by molar-refractivity contribution is 5.71. The first-order valence-corrected chi connectivity index (χ1v) is 8.11. The summed E-state index contributed by atoms with van der Waals surface area (Å²) in [5.41, 5.74) is 2.81. The van der Waals surface area contributed by atoms with Crippen molar-refractivity contribution < 1.29 is 13.7 Å². The molecule has 0 aliphatic carbocycles. The van der Waals surface area contributed by atoms with Crippen LogP contribution in [0.25, 0.3) is 17.1 Å². The molecule has 4 aromatic rings. The molecule has 0 aliphatic rings. The maximum absolute atomic E-state index is 14.1. The fourth-order valence-electron chi connectivity index (χ4n) is 2.97. The molecule has 0 radical (unpaired) electrons. The molecule has 8 heteroatoms. The van der Waals surface area contributed by atoms with Crippen molar-refractivity contribution in [1.29, 1.82) is 0 Å². The summed E-state index contributed by atoms with van der Waals surface area (Å²) >= 11 is 0. The molecule has 26 heavy (non-hydrogen) atoms. The van der Waals surface area contributed by atoms with E-state index < -0.39 is 0 Å². The van der Waals surface area contributed by atoms with Crippen LogP contribution in [0.5, 0.6) is 5.75 Å². The second kappa shape index (κ2) is 6.55. The molecule has 1 aromatic carbocycles. The molecule has 0 N–H and O–H groups in total. The molecule has 4 rings (SSSR count). The quantitative estimate of drug-likeness (QED) is 0.549. The number of halogens is 1. The van der Waals surface area contributed by atoms with Crippen LogP contribution in [-0.4, -0.2) is 31.8 Å². The first-order chi connectivity index (χ1) is 12.7. The third-order valence-electron chi connectivity index (χ3n) is 4.23. The summed E-state index contributed by atoms with van der Waals surface area (Å²) < 4.78 is 26.5. The van der Waals surface area contributed by atoms with Crippen LogP contribution in [0.2, 0.25) is 0 Å². The van der Waals surface area contributed by atoms with Crippen molar-refractivity contribution in [1.82, 2.24) is 24.7 Å². The molecule has 0 saturated heterocycles. The highest BCUT2D eigenvalue weighted by Crippen LogP contribution is 2.26. The Balaban J connectivity index is 1.68. The summed E-state index contributed by atoms with van der Waals surface area (Å²) in [6, 6.07) is 8.63. The van der Waals surface area contributed by atoms with Gasteiger partial charge < -0.3 is 9.26 Å². The Morgan fingerprint density at radius 2 is 2.08 bits per heavy atom. The van der Waals surface area contributed by atoms with Crippen LogP contribution in [0.1, 0.15) is 17.1 Å². The van der Waals surface area contributed by atoms with Gasteiger partial charge in [-0.25, -0.2) is 4.39 Å². The number of pyridine rings is 1. The Morgan fingerprint density at radius 1 is 1.19 bits per heavy atom. The molecule has 0 unspecified atom stereocenters. The van der Waals surface area contributed by atoms with Crippen LogP contribution in [-0.2, 0) is 12.8 Å². The summed E-state index contributed by atoms with van der Waals surface area (Å²) in [5, 5.41) is 12.0. The van der Waals surface area contributed by atoms with Crippen molar-refractivity contribution in [3.8, 4) is 17.2 Å². The van der Waals surface area contributed by atoms with Gasteiger partial charge in [-0.15, -0.1) is 10.2 Å². The van der Waals surface area contributed by atoms with E-state index in [0.29, 0.717) is 47.1 Å². The van der Waals surface area contributed by atoms with Crippen LogP contribution >= 0.6 is 0 Å². The number of nitrogens with zero attached hydrogens (tertiary/aromatic N) is 5. The minimum Gasteiger partial charge on any atom is -0.496 e. The van der Waals surface area contributed by atoms with Gasteiger partial charge >= 0.3 is 0 Å². The van der Waals surface area contributed by atoms with Crippen LogP contribution in [0.4, 0.5) is 4.39 Å². The highest BCUT2D eigenvalue weighted by Gasteiger charge is 2.16. The van der Waals surface area contributed by atoms with E-state index in [1.807, 2.05) is 16.5 Å². The minimum atomic E-state index is -0.276. The topological polar surface area (TPSA) is 78.3 Å². The van der Waals surface area contributed by atoms with E-state index in [4.69, 9.17) is 9.26 Å². The Hall–Kier alpha value is -3.29. The lowest BCUT2D eigenvalue weighted by Crippen LogP contribution is -2.03. The molecule has 0 saturated carbocycles. The molecular formula is C18H16FN5O2. The van der Waals surface area contributed by atoms with E-state index in [1.54, 1.807) is 25.4 Å². The van der Waals surface area contributed by atoms with Gasteiger partial charge in [-0.05, 0) is 44.0 Å². The summed E-state index contributed by atoms with van der Waals surface area (Å²) in [5.74, 6) is 1.21. The molecule has 0 atom stereocenters. The molecule has 0 bridgehead atoms. The fourth-order valence-corrected chi connectivity index (χ4v) is 2.97. The van der Waals surface area contributed by atoms with E-state index in [2.05, 4.69) is 20.3 Å². The molecule has 0 amide bonds. The number of benzene rings is 1. The van der Waals surface area contributed by atoms with Crippen molar-refractivity contribution in [2.75, 3.05) is 7.11 Å². The van der Waals surface area contributed by atoms with Gasteiger partial charge in [0.15, 0.2) is 11.5 Å². The van der Waals surface area contributed by atoms with Gasteiger partial charge in [0.1, 0.15) is 17.9 Å². The molecule has 0 aliphatic heterocycles. The lowest BCUT2D eigenvalue weighted by Gasteiger charge is -2.11. The predicted octanol–water partition coefficient (Wildman–Crippen LogP) is 3.02. The normalized spacial score (nSPS) is 11.2. The van der Waals surface area contributed by atoms with Crippen molar-refractivity contribution in [3.05, 3.63) is 59.6 Å². The van der Waals surface area contributed by atoms with Gasteiger partial charge in [0.25, 0.3) is 5.89 Å². The summed E-state index contributed by atoms with van der Waals surface area (Å²) in [7, 11) is 1.54. The number of ether oxygens (including phenoxy) is 1. The van der Waals surface area contributed by atoms with Crippen molar-refractivity contribution in [3.63, 3.8) is 0 Å². The minimum absolute atomic E-state index is 0.276. The van der Waals surface area contributed by atoms with Gasteiger partial charge in [-0.3, -0.25) is 4.40 Å². The van der Waals surface area contributed by atoms with Gasteiger partial charge in [-0.1, -0.05) is 11.2 Å². The number of rotatable bonds is 5. The Morgan fingerprint density at radius 3 is 2.85 bits per heavy atom. The fraction of sp³-hybridized carbons (Fsp3) is 0.222. The zero-order valence-corrected chi connectivity index (χ0v) is 14.3. The van der Waals surface area contributed by atoms with Gasteiger partial charge in [0, 0.05) is 11.3 Å². The lowest BCUT2D eigenvalue weighted by atomic mass is 10.1. The summed E-state index contributed by atoms with van der Waals surface area (Å²) in [4.78, 5) is 4.24.